The van der Waals surface area contributed by atoms with Gasteiger partial charge in [-0.1, -0.05) is 43.3 Å². The Labute approximate surface area is 255 Å². The van der Waals surface area contributed by atoms with E-state index in [4.69, 9.17) is 4.74 Å². The lowest BCUT2D eigenvalue weighted by atomic mass is 10.0. The summed E-state index contributed by atoms with van der Waals surface area (Å²) in [4.78, 5) is 34.2. The first-order valence-electron chi connectivity index (χ1n) is 14.8. The van der Waals surface area contributed by atoms with Gasteiger partial charge in [-0.15, -0.1) is 16.4 Å². The maximum Gasteiger partial charge on any atom is 0.248 e. The Morgan fingerprint density at radius 2 is 2.00 bits per heavy atom. The van der Waals surface area contributed by atoms with Crippen LogP contribution < -0.4 is 10.6 Å². The molecular formula is C30H41N7O5S. The second-order valence-electron chi connectivity index (χ2n) is 11.8. The molecule has 4 atom stereocenters. The van der Waals surface area contributed by atoms with Gasteiger partial charge in [0.15, 0.2) is 0 Å². The van der Waals surface area contributed by atoms with Crippen LogP contribution in [-0.2, 0) is 20.9 Å². The Kier molecular flexibility index (Phi) is 10.2. The van der Waals surface area contributed by atoms with E-state index in [1.165, 1.54) is 9.58 Å². The fourth-order valence-corrected chi connectivity index (χ4v) is 6.43. The number of thiazole rings is 1. The smallest absolute Gasteiger partial charge is 0.248 e. The predicted octanol–water partition coefficient (Wildman–Crippen LogP) is 1.84. The minimum atomic E-state index is -0.885. The van der Waals surface area contributed by atoms with E-state index in [1.807, 2.05) is 45.0 Å². The summed E-state index contributed by atoms with van der Waals surface area (Å²) in [6.45, 7) is 8.50. The number of benzene rings is 1. The van der Waals surface area contributed by atoms with Crippen LogP contribution in [0.2, 0.25) is 0 Å². The van der Waals surface area contributed by atoms with Gasteiger partial charge in [0.05, 0.1) is 47.6 Å². The summed E-state index contributed by atoms with van der Waals surface area (Å²) in [7, 11) is 0. The van der Waals surface area contributed by atoms with Gasteiger partial charge in [0, 0.05) is 19.6 Å². The number of likely N-dealkylation sites (tertiary alicyclic amines) is 1. The van der Waals surface area contributed by atoms with Crippen LogP contribution in [-0.4, -0.2) is 91.9 Å². The van der Waals surface area contributed by atoms with Gasteiger partial charge in [-0.2, -0.15) is 0 Å². The Morgan fingerprint density at radius 3 is 2.63 bits per heavy atom. The molecule has 3 aromatic rings. The third-order valence-electron chi connectivity index (χ3n) is 8.20. The topological polar surface area (TPSA) is 155 Å². The number of nitrogens with zero attached hydrogens (tertiary/aromatic N) is 5. The van der Waals surface area contributed by atoms with Gasteiger partial charge in [-0.05, 0) is 49.4 Å². The minimum Gasteiger partial charge on any atom is -0.394 e. The van der Waals surface area contributed by atoms with Crippen LogP contribution in [0.25, 0.3) is 10.4 Å². The zero-order chi connectivity index (χ0) is 30.5. The molecule has 5 rings (SSSR count). The molecule has 0 spiro atoms. The van der Waals surface area contributed by atoms with E-state index < -0.39 is 30.1 Å². The molecule has 4 N–H and O–H groups in total. The average Bonchev–Trinajstić information content (AvgIpc) is 3.70. The van der Waals surface area contributed by atoms with Crippen LogP contribution >= 0.6 is 11.3 Å². The normalized spacial score (nSPS) is 20.3. The highest BCUT2D eigenvalue weighted by Crippen LogP contribution is 2.30. The maximum atomic E-state index is 13.9. The zero-order valence-electron chi connectivity index (χ0n) is 24.8. The van der Waals surface area contributed by atoms with Crippen molar-refractivity contribution in [2.75, 3.05) is 32.8 Å². The lowest BCUT2D eigenvalue weighted by Gasteiger charge is -2.30. The molecule has 2 aliphatic heterocycles. The number of amides is 2. The zero-order valence-corrected chi connectivity index (χ0v) is 25.7. The fraction of sp³-hybridized carbons (Fsp3) is 0.567. The van der Waals surface area contributed by atoms with Crippen molar-refractivity contribution in [3.8, 4) is 10.4 Å². The second kappa shape index (κ2) is 14.0. The second-order valence-corrected chi connectivity index (χ2v) is 12.6. The summed E-state index contributed by atoms with van der Waals surface area (Å²) in [6, 6.07) is 5.36. The van der Waals surface area contributed by atoms with Crippen LogP contribution in [0.4, 0.5) is 0 Å². The van der Waals surface area contributed by atoms with Gasteiger partial charge in [0.25, 0.3) is 0 Å². The van der Waals surface area contributed by atoms with E-state index >= 15 is 0 Å². The summed E-state index contributed by atoms with van der Waals surface area (Å²) in [5, 5.41) is 35.2. The number of nitrogens with one attached hydrogen (secondary N) is 2. The summed E-state index contributed by atoms with van der Waals surface area (Å²) in [6.07, 6.45) is 1.97. The van der Waals surface area contributed by atoms with Crippen molar-refractivity contribution in [1.29, 1.82) is 0 Å². The van der Waals surface area contributed by atoms with Gasteiger partial charge < -0.3 is 30.5 Å². The van der Waals surface area contributed by atoms with Gasteiger partial charge in [-0.25, -0.2) is 9.67 Å². The van der Waals surface area contributed by atoms with Crippen molar-refractivity contribution in [2.24, 2.45) is 11.8 Å². The minimum absolute atomic E-state index is 0.0352. The van der Waals surface area contributed by atoms with Gasteiger partial charge in [-0.3, -0.25) is 9.59 Å². The number of aliphatic hydroxyl groups excluding tert-OH is 2. The molecule has 0 aliphatic carbocycles. The summed E-state index contributed by atoms with van der Waals surface area (Å²) < 4.78 is 7.30. The Balaban J connectivity index is 1.23. The van der Waals surface area contributed by atoms with Crippen molar-refractivity contribution >= 4 is 23.2 Å². The maximum absolute atomic E-state index is 13.9. The van der Waals surface area contributed by atoms with Gasteiger partial charge >= 0.3 is 0 Å². The third kappa shape index (κ3) is 7.29. The van der Waals surface area contributed by atoms with Crippen LogP contribution in [0.5, 0.6) is 0 Å². The van der Waals surface area contributed by atoms with Crippen LogP contribution in [0, 0.1) is 18.8 Å². The molecular weight excluding hydrogens is 570 g/mol. The Morgan fingerprint density at radius 1 is 1.23 bits per heavy atom. The number of hydrogen-bond acceptors (Lipinski definition) is 10. The van der Waals surface area contributed by atoms with Crippen molar-refractivity contribution in [1.82, 2.24) is 35.5 Å². The number of β-amino-alcohol motifs (C(OH)–C–C–N with tert-alkyl or cyclic N) is 1. The number of carbonyl (C=O) groups excluding carboxylic acids is 2. The molecule has 0 saturated carbocycles. The van der Waals surface area contributed by atoms with Crippen molar-refractivity contribution in [2.45, 2.75) is 64.4 Å². The van der Waals surface area contributed by atoms with Gasteiger partial charge in [0.1, 0.15) is 17.8 Å². The molecule has 2 aliphatic rings. The summed E-state index contributed by atoms with van der Waals surface area (Å²) in [5.74, 6) is -0.234. The van der Waals surface area contributed by atoms with Gasteiger partial charge in [0.2, 0.25) is 11.8 Å². The number of aromatic nitrogens is 4. The highest BCUT2D eigenvalue weighted by Gasteiger charge is 2.43. The first-order chi connectivity index (χ1) is 20.7. The summed E-state index contributed by atoms with van der Waals surface area (Å²) >= 11 is 1.56. The molecule has 13 heteroatoms. The van der Waals surface area contributed by atoms with Crippen LogP contribution in [0.3, 0.4) is 0 Å². The fourth-order valence-electron chi connectivity index (χ4n) is 5.62. The predicted molar refractivity (Wildman–Crippen MR) is 161 cm³/mol. The number of hydrogen-bond donors (Lipinski definition) is 4. The standard InChI is InChI=1S/C30H41N7O5S/c1-18(2)27(37-13-23(34-35-37)16-42-9-8-20-11-31-12-20)30(41)36-14-24(39)10-26(36)29(40)33-25(15-38)21-4-6-22(7-5-21)28-19(3)32-17-43-28/h4-7,13,17-18,20,24-27,31,38-39H,8-12,14-16H2,1-3H3,(H,33,40)/t24-,25+,26+,27+/m1/s1. The molecule has 12 nitrogen and oxygen atoms in total. The largest absolute Gasteiger partial charge is 0.394 e. The first kappa shape index (κ1) is 31.2. The molecule has 4 heterocycles. The Bertz CT molecular complexity index is 1370. The van der Waals surface area contributed by atoms with Crippen molar-refractivity contribution < 1.29 is 24.5 Å². The van der Waals surface area contributed by atoms with E-state index in [-0.39, 0.29) is 31.4 Å². The molecule has 2 saturated heterocycles. The number of aryl methyl sites for hydroxylation is 1. The first-order valence-corrected chi connectivity index (χ1v) is 15.7. The average molecular weight is 612 g/mol. The van der Waals surface area contributed by atoms with Crippen molar-refractivity contribution in [3.05, 3.63) is 52.9 Å². The molecule has 0 bridgehead atoms. The number of ether oxygens (including phenoxy) is 1. The lowest BCUT2D eigenvalue weighted by Crippen LogP contribution is -2.50. The van der Waals surface area contributed by atoms with E-state index in [0.29, 0.717) is 24.8 Å². The molecule has 0 unspecified atom stereocenters. The molecule has 232 valence electrons. The molecule has 2 fully saturated rings. The highest BCUT2D eigenvalue weighted by atomic mass is 32.1. The SMILES string of the molecule is Cc1ncsc1-c1ccc([C@H](CO)NC(=O)[C@@H]2C[C@@H](O)CN2C(=O)[C@H](C(C)C)n2cc(COCCC3CNC3)nn2)cc1. The quantitative estimate of drug-likeness (QED) is 0.212. The number of aliphatic hydroxyl groups is 2. The van der Waals surface area contributed by atoms with E-state index in [1.54, 1.807) is 23.0 Å². The van der Waals surface area contributed by atoms with Crippen molar-refractivity contribution in [3.63, 3.8) is 0 Å². The molecule has 2 aromatic heterocycles. The third-order valence-corrected chi connectivity index (χ3v) is 9.18. The molecule has 0 radical (unpaired) electrons. The van der Waals surface area contributed by atoms with Crippen LogP contribution in [0.1, 0.15) is 55.7 Å². The highest BCUT2D eigenvalue weighted by molar-refractivity contribution is 7.13. The monoisotopic (exact) mass is 611 g/mol. The van der Waals surface area contributed by atoms with E-state index in [0.717, 1.165) is 41.2 Å². The molecule has 2 amide bonds. The summed E-state index contributed by atoms with van der Waals surface area (Å²) in [5.41, 5.74) is 5.12. The Hall–Kier alpha value is -3.23. The van der Waals surface area contributed by atoms with E-state index in [9.17, 15) is 19.8 Å². The number of carbonyl (C=O) groups is 2. The molecule has 1 aromatic carbocycles. The van der Waals surface area contributed by atoms with Crippen LogP contribution in [0.15, 0.2) is 36.0 Å². The molecule has 43 heavy (non-hydrogen) atoms. The van der Waals surface area contributed by atoms with E-state index in [2.05, 4.69) is 25.9 Å². The lowest BCUT2D eigenvalue weighted by molar-refractivity contribution is -0.142. The number of rotatable bonds is 13.